The predicted molar refractivity (Wildman–Crippen MR) is 175 cm³/mol. The average molecular weight is 531 g/mol. The van der Waals surface area contributed by atoms with E-state index in [-0.39, 0.29) is 5.92 Å². The zero-order valence-corrected chi connectivity index (χ0v) is 24.4. The second kappa shape index (κ2) is 9.77. The highest BCUT2D eigenvalue weighted by Gasteiger charge is 2.35. The Kier molecular flexibility index (Phi) is 6.06. The van der Waals surface area contributed by atoms with Crippen LogP contribution in [0.15, 0.2) is 145 Å². The predicted octanol–water partition coefficient (Wildman–Crippen LogP) is 9.74. The molecule has 0 saturated carbocycles. The zero-order chi connectivity index (χ0) is 27.3. The molecule has 5 aromatic rings. The van der Waals surface area contributed by atoms with E-state index in [0.29, 0.717) is 5.92 Å². The monoisotopic (exact) mass is 530 g/mol. The van der Waals surface area contributed by atoms with Crippen molar-refractivity contribution < 1.29 is 0 Å². The minimum Gasteiger partial charge on any atom is -0.0760 e. The van der Waals surface area contributed by atoms with Gasteiger partial charge in [-0.1, -0.05) is 158 Å². The zero-order valence-electron chi connectivity index (χ0n) is 23.4. The maximum atomic E-state index is 2.42. The molecule has 2 atom stereocenters. The van der Waals surface area contributed by atoms with Gasteiger partial charge in [-0.2, -0.15) is 0 Å². The molecule has 5 aromatic carbocycles. The van der Waals surface area contributed by atoms with Crippen LogP contribution in [0.3, 0.4) is 0 Å². The van der Waals surface area contributed by atoms with Gasteiger partial charge >= 0.3 is 0 Å². The number of fused-ring (bicyclic) bond motifs is 3. The standard InChI is InChI=1S/C39H34Si/c1-40(2,3)33-14-10-13-31(26-33)28-19-22-29(23-20-28)38-34-15-6-8-17-36(34)39(37-18-9-7-16-35(37)38)32-24-21-27-11-4-5-12-30(27)25-32/h4-26,34,38H,1-3H3. The maximum Gasteiger partial charge on any atom is 0.0776 e. The van der Waals surface area contributed by atoms with E-state index < -0.39 is 8.07 Å². The summed E-state index contributed by atoms with van der Waals surface area (Å²) in [7, 11) is -1.36. The molecule has 2 unspecified atom stereocenters. The van der Waals surface area contributed by atoms with Gasteiger partial charge in [0.15, 0.2) is 0 Å². The summed E-state index contributed by atoms with van der Waals surface area (Å²) in [6.07, 6.45) is 9.17. The van der Waals surface area contributed by atoms with Crippen molar-refractivity contribution in [3.63, 3.8) is 0 Å². The molecule has 2 aliphatic rings. The highest BCUT2D eigenvalue weighted by atomic mass is 28.3. The fourth-order valence-corrected chi connectivity index (χ4v) is 7.73. The Morgan fingerprint density at radius 1 is 0.575 bits per heavy atom. The third-order valence-electron chi connectivity index (χ3n) is 8.65. The van der Waals surface area contributed by atoms with E-state index in [2.05, 4.69) is 159 Å². The van der Waals surface area contributed by atoms with Crippen molar-refractivity contribution in [3.05, 3.63) is 167 Å². The lowest BCUT2D eigenvalue weighted by Crippen LogP contribution is -2.37. The lowest BCUT2D eigenvalue weighted by Gasteiger charge is -2.37. The van der Waals surface area contributed by atoms with E-state index in [9.17, 15) is 0 Å². The molecule has 0 nitrogen and oxygen atoms in total. The molecule has 0 heterocycles. The molecule has 0 aliphatic heterocycles. The van der Waals surface area contributed by atoms with Gasteiger partial charge < -0.3 is 0 Å². The fourth-order valence-electron chi connectivity index (χ4n) is 6.55. The van der Waals surface area contributed by atoms with Crippen LogP contribution in [0.4, 0.5) is 0 Å². The Bertz CT molecular complexity index is 1830. The molecular weight excluding hydrogens is 497 g/mol. The van der Waals surface area contributed by atoms with Crippen LogP contribution in [0.2, 0.25) is 19.6 Å². The van der Waals surface area contributed by atoms with Crippen LogP contribution >= 0.6 is 0 Å². The van der Waals surface area contributed by atoms with Gasteiger partial charge in [0.2, 0.25) is 0 Å². The van der Waals surface area contributed by atoms with Gasteiger partial charge in [0.25, 0.3) is 0 Å². The Labute approximate surface area is 239 Å². The molecule has 0 aromatic heterocycles. The van der Waals surface area contributed by atoms with Crippen molar-refractivity contribution >= 4 is 29.6 Å². The van der Waals surface area contributed by atoms with Gasteiger partial charge in [-0.05, 0) is 61.4 Å². The van der Waals surface area contributed by atoms with Gasteiger partial charge in [0.1, 0.15) is 0 Å². The quantitative estimate of drug-likeness (QED) is 0.203. The van der Waals surface area contributed by atoms with E-state index >= 15 is 0 Å². The van der Waals surface area contributed by atoms with Crippen LogP contribution in [-0.4, -0.2) is 8.07 Å². The van der Waals surface area contributed by atoms with Gasteiger partial charge in [-0.15, -0.1) is 0 Å². The summed E-state index contributed by atoms with van der Waals surface area (Å²) in [6.45, 7) is 7.25. The number of allylic oxidation sites excluding steroid dienone is 5. The molecule has 194 valence electrons. The van der Waals surface area contributed by atoms with Crippen LogP contribution in [0.1, 0.15) is 28.2 Å². The first-order valence-corrected chi connectivity index (χ1v) is 17.9. The van der Waals surface area contributed by atoms with Gasteiger partial charge in [-0.25, -0.2) is 0 Å². The number of hydrogen-bond donors (Lipinski definition) is 0. The first-order chi connectivity index (χ1) is 19.5. The summed E-state index contributed by atoms with van der Waals surface area (Å²) in [5, 5.41) is 4.07. The molecule has 0 amide bonds. The Morgan fingerprint density at radius 2 is 1.32 bits per heavy atom. The molecule has 0 radical (unpaired) electrons. The SMILES string of the molecule is C[Si](C)(C)c1cccc(-c2ccc(C3c4ccccc4C(c4ccc5ccccc5c4)=C4C=CC=CC43)cc2)c1. The third kappa shape index (κ3) is 4.31. The molecule has 2 aliphatic carbocycles. The third-order valence-corrected chi connectivity index (χ3v) is 10.7. The number of benzene rings is 5. The van der Waals surface area contributed by atoms with Crippen LogP contribution < -0.4 is 5.19 Å². The smallest absolute Gasteiger partial charge is 0.0760 e. The summed E-state index contributed by atoms with van der Waals surface area (Å²) < 4.78 is 0. The molecule has 0 saturated heterocycles. The van der Waals surface area contributed by atoms with E-state index in [0.717, 1.165) is 0 Å². The average Bonchev–Trinajstić information content (AvgIpc) is 2.99. The van der Waals surface area contributed by atoms with E-state index in [4.69, 9.17) is 0 Å². The summed E-state index contributed by atoms with van der Waals surface area (Å²) in [4.78, 5) is 0. The number of rotatable bonds is 4. The minimum atomic E-state index is -1.36. The van der Waals surface area contributed by atoms with Crippen molar-refractivity contribution in [3.8, 4) is 11.1 Å². The summed E-state index contributed by atoms with van der Waals surface area (Å²) in [5.74, 6) is 0.571. The van der Waals surface area contributed by atoms with Gasteiger partial charge in [0, 0.05) is 11.8 Å². The first kappa shape index (κ1) is 24.8. The van der Waals surface area contributed by atoms with Crippen molar-refractivity contribution in [2.75, 3.05) is 0 Å². The minimum absolute atomic E-state index is 0.277. The second-order valence-corrected chi connectivity index (χ2v) is 17.3. The largest absolute Gasteiger partial charge is 0.0776 e. The van der Waals surface area contributed by atoms with E-state index in [1.54, 1.807) is 0 Å². The Balaban J connectivity index is 1.34. The lowest BCUT2D eigenvalue weighted by molar-refractivity contribution is 0.649. The van der Waals surface area contributed by atoms with Crippen LogP contribution in [0, 0.1) is 5.92 Å². The van der Waals surface area contributed by atoms with Crippen molar-refractivity contribution in [2.24, 2.45) is 5.92 Å². The summed E-state index contributed by atoms with van der Waals surface area (Å²) in [5.41, 5.74) is 10.8. The van der Waals surface area contributed by atoms with Crippen molar-refractivity contribution in [2.45, 2.75) is 25.6 Å². The topological polar surface area (TPSA) is 0 Å². The molecular formula is C39H34Si. The fraction of sp³-hybridized carbons (Fsp3) is 0.128. The van der Waals surface area contributed by atoms with E-state index in [1.807, 2.05) is 0 Å². The molecule has 40 heavy (non-hydrogen) atoms. The molecule has 0 fully saturated rings. The molecule has 0 spiro atoms. The number of hydrogen-bond acceptors (Lipinski definition) is 0. The van der Waals surface area contributed by atoms with Gasteiger partial charge in [0.05, 0.1) is 8.07 Å². The highest BCUT2D eigenvalue weighted by Crippen LogP contribution is 2.50. The molecule has 7 rings (SSSR count). The Morgan fingerprint density at radius 3 is 2.15 bits per heavy atom. The summed E-state index contributed by atoms with van der Waals surface area (Å²) in [6, 6.07) is 43.2. The van der Waals surface area contributed by atoms with Crippen LogP contribution in [0.25, 0.3) is 27.5 Å². The lowest BCUT2D eigenvalue weighted by atomic mass is 9.66. The summed E-state index contributed by atoms with van der Waals surface area (Å²) >= 11 is 0. The highest BCUT2D eigenvalue weighted by molar-refractivity contribution is 6.88. The normalized spacial score (nSPS) is 18.1. The van der Waals surface area contributed by atoms with Crippen molar-refractivity contribution in [1.82, 2.24) is 0 Å². The van der Waals surface area contributed by atoms with Crippen LogP contribution in [0.5, 0.6) is 0 Å². The second-order valence-electron chi connectivity index (χ2n) is 12.2. The Hall–Kier alpha value is -4.20. The van der Waals surface area contributed by atoms with Gasteiger partial charge in [-0.3, -0.25) is 0 Å². The maximum absolute atomic E-state index is 2.42. The first-order valence-electron chi connectivity index (χ1n) is 14.4. The van der Waals surface area contributed by atoms with Crippen LogP contribution in [-0.2, 0) is 0 Å². The van der Waals surface area contributed by atoms with Crippen molar-refractivity contribution in [1.29, 1.82) is 0 Å². The van der Waals surface area contributed by atoms with E-state index in [1.165, 1.54) is 60.5 Å². The molecule has 0 N–H and O–H groups in total. The molecule has 1 heteroatoms. The molecule has 0 bridgehead atoms.